The van der Waals surface area contributed by atoms with Gasteiger partial charge < -0.3 is 15.4 Å². The molecule has 7 heteroatoms. The van der Waals surface area contributed by atoms with E-state index in [1.807, 2.05) is 13.8 Å². The van der Waals surface area contributed by atoms with Crippen molar-refractivity contribution in [3.8, 4) is 0 Å². The number of aromatic nitrogens is 1. The number of ether oxygens (including phenoxy) is 1. The van der Waals surface area contributed by atoms with Crippen LogP contribution in [0.2, 0.25) is 0 Å². The number of hydrogen-bond donors (Lipinski definition) is 2. The summed E-state index contributed by atoms with van der Waals surface area (Å²) in [7, 11) is 1.68. The van der Waals surface area contributed by atoms with Gasteiger partial charge in [0.2, 0.25) is 0 Å². The molecular weight excluding hydrogens is 260 g/mol. The second-order valence-corrected chi connectivity index (χ2v) is 4.66. The second kappa shape index (κ2) is 8.31. The van der Waals surface area contributed by atoms with E-state index in [0.29, 0.717) is 18.2 Å². The molecule has 0 aliphatic carbocycles. The van der Waals surface area contributed by atoms with Crippen molar-refractivity contribution in [3.05, 3.63) is 22.2 Å². The van der Waals surface area contributed by atoms with Gasteiger partial charge in [0, 0.05) is 20.2 Å². The number of hydrogen-bond acceptors (Lipinski definition) is 6. The average Bonchev–Trinajstić information content (AvgIpc) is 2.41. The first-order valence-corrected chi connectivity index (χ1v) is 6.72. The SMILES string of the molecule is CNc1cc([N+](=O)[O-])cc(NCCCCOC(C)C)n1. The van der Waals surface area contributed by atoms with Gasteiger partial charge >= 0.3 is 0 Å². The molecule has 0 radical (unpaired) electrons. The molecule has 0 aliphatic heterocycles. The Labute approximate surface area is 118 Å². The van der Waals surface area contributed by atoms with Crippen molar-refractivity contribution in [3.63, 3.8) is 0 Å². The monoisotopic (exact) mass is 282 g/mol. The fourth-order valence-corrected chi connectivity index (χ4v) is 1.60. The first-order valence-electron chi connectivity index (χ1n) is 6.72. The largest absolute Gasteiger partial charge is 0.379 e. The molecule has 0 saturated heterocycles. The molecule has 0 fully saturated rings. The summed E-state index contributed by atoms with van der Waals surface area (Å²) in [5, 5.41) is 16.7. The van der Waals surface area contributed by atoms with Crippen molar-refractivity contribution in [1.29, 1.82) is 0 Å². The molecule has 112 valence electrons. The Kier molecular flexibility index (Phi) is 6.72. The molecule has 1 rings (SSSR count). The lowest BCUT2D eigenvalue weighted by atomic mass is 10.3. The molecular formula is C13H22N4O3. The maximum absolute atomic E-state index is 10.8. The van der Waals surface area contributed by atoms with Gasteiger partial charge in [0.15, 0.2) is 0 Å². The summed E-state index contributed by atoms with van der Waals surface area (Å²) in [5.41, 5.74) is 0.0231. The Hall–Kier alpha value is -1.89. The number of pyridine rings is 1. The highest BCUT2D eigenvalue weighted by Gasteiger charge is 2.10. The molecule has 20 heavy (non-hydrogen) atoms. The summed E-state index contributed by atoms with van der Waals surface area (Å²) in [4.78, 5) is 14.6. The van der Waals surface area contributed by atoms with E-state index in [0.717, 1.165) is 19.4 Å². The molecule has 1 aromatic heterocycles. The second-order valence-electron chi connectivity index (χ2n) is 4.66. The minimum atomic E-state index is -0.426. The molecule has 0 atom stereocenters. The summed E-state index contributed by atoms with van der Waals surface area (Å²) in [6.07, 6.45) is 2.12. The van der Waals surface area contributed by atoms with Crippen molar-refractivity contribution in [2.75, 3.05) is 30.8 Å². The van der Waals surface area contributed by atoms with E-state index < -0.39 is 4.92 Å². The van der Waals surface area contributed by atoms with Crippen molar-refractivity contribution in [2.45, 2.75) is 32.8 Å². The molecule has 0 spiro atoms. The van der Waals surface area contributed by atoms with Gasteiger partial charge in [0.05, 0.1) is 23.2 Å². The summed E-state index contributed by atoms with van der Waals surface area (Å²) in [5.74, 6) is 0.984. The van der Waals surface area contributed by atoms with E-state index in [9.17, 15) is 10.1 Å². The molecule has 1 heterocycles. The van der Waals surface area contributed by atoms with Crippen LogP contribution in [0.15, 0.2) is 12.1 Å². The molecule has 7 nitrogen and oxygen atoms in total. The van der Waals surface area contributed by atoms with Crippen molar-refractivity contribution in [2.24, 2.45) is 0 Å². The van der Waals surface area contributed by atoms with Crippen LogP contribution in [0.25, 0.3) is 0 Å². The van der Waals surface area contributed by atoms with Crippen LogP contribution >= 0.6 is 0 Å². The van der Waals surface area contributed by atoms with Crippen molar-refractivity contribution in [1.82, 2.24) is 4.98 Å². The number of unbranched alkanes of at least 4 members (excludes halogenated alkanes) is 1. The molecule has 0 aliphatic rings. The Balaban J connectivity index is 2.43. The number of nitro groups is 1. The van der Waals surface area contributed by atoms with Crippen LogP contribution in [0.4, 0.5) is 17.3 Å². The normalized spacial score (nSPS) is 10.6. The van der Waals surface area contributed by atoms with Crippen LogP contribution in [-0.2, 0) is 4.74 Å². The van der Waals surface area contributed by atoms with E-state index in [-0.39, 0.29) is 11.8 Å². The Morgan fingerprint density at radius 2 is 2.05 bits per heavy atom. The number of nitrogens with zero attached hydrogens (tertiary/aromatic N) is 2. The predicted molar refractivity (Wildman–Crippen MR) is 79.2 cm³/mol. The number of anilines is 2. The fourth-order valence-electron chi connectivity index (χ4n) is 1.60. The minimum absolute atomic E-state index is 0.0231. The van der Waals surface area contributed by atoms with Gasteiger partial charge in [-0.15, -0.1) is 0 Å². The number of rotatable bonds is 9. The lowest BCUT2D eigenvalue weighted by Gasteiger charge is -2.09. The van der Waals surface area contributed by atoms with E-state index >= 15 is 0 Å². The van der Waals surface area contributed by atoms with Gasteiger partial charge in [0.1, 0.15) is 11.6 Å². The van der Waals surface area contributed by atoms with Gasteiger partial charge in [-0.2, -0.15) is 0 Å². The van der Waals surface area contributed by atoms with Crippen LogP contribution in [0.5, 0.6) is 0 Å². The smallest absolute Gasteiger partial charge is 0.276 e. The lowest BCUT2D eigenvalue weighted by molar-refractivity contribution is -0.384. The molecule has 0 amide bonds. The third kappa shape index (κ3) is 5.83. The third-order valence-corrected chi connectivity index (χ3v) is 2.61. The average molecular weight is 282 g/mol. The standard InChI is InChI=1S/C13H22N4O3/c1-10(2)20-7-5-4-6-15-13-9-11(17(18)19)8-12(14-3)16-13/h8-10H,4-7H2,1-3H3,(H2,14,15,16). The van der Waals surface area contributed by atoms with E-state index in [1.165, 1.54) is 12.1 Å². The van der Waals surface area contributed by atoms with Crippen LogP contribution in [0.3, 0.4) is 0 Å². The van der Waals surface area contributed by atoms with Gasteiger partial charge in [-0.1, -0.05) is 0 Å². The quantitative estimate of drug-likeness (QED) is 0.411. The summed E-state index contributed by atoms with van der Waals surface area (Å²) in [6, 6.07) is 2.84. The lowest BCUT2D eigenvalue weighted by Crippen LogP contribution is -2.08. The summed E-state index contributed by atoms with van der Waals surface area (Å²) in [6.45, 7) is 5.44. The Morgan fingerprint density at radius 3 is 2.65 bits per heavy atom. The van der Waals surface area contributed by atoms with Crippen LogP contribution in [-0.4, -0.2) is 36.2 Å². The minimum Gasteiger partial charge on any atom is -0.379 e. The third-order valence-electron chi connectivity index (χ3n) is 2.61. The fraction of sp³-hybridized carbons (Fsp3) is 0.615. The van der Waals surface area contributed by atoms with E-state index in [1.54, 1.807) is 7.05 Å². The zero-order valence-electron chi connectivity index (χ0n) is 12.2. The van der Waals surface area contributed by atoms with Crippen LogP contribution in [0, 0.1) is 10.1 Å². The van der Waals surface area contributed by atoms with Gasteiger partial charge in [-0.3, -0.25) is 10.1 Å². The summed E-state index contributed by atoms with van der Waals surface area (Å²) < 4.78 is 5.44. The predicted octanol–water partition coefficient (Wildman–Crippen LogP) is 2.65. The first-order chi connectivity index (χ1) is 9.52. The maximum Gasteiger partial charge on any atom is 0.276 e. The maximum atomic E-state index is 10.8. The van der Waals surface area contributed by atoms with E-state index in [2.05, 4.69) is 15.6 Å². The molecule has 2 N–H and O–H groups in total. The number of nitrogens with one attached hydrogen (secondary N) is 2. The molecule has 0 bridgehead atoms. The topological polar surface area (TPSA) is 89.3 Å². The molecule has 0 aromatic carbocycles. The molecule has 0 unspecified atom stereocenters. The van der Waals surface area contributed by atoms with Gasteiger partial charge in [-0.05, 0) is 26.7 Å². The van der Waals surface area contributed by atoms with Gasteiger partial charge in [0.25, 0.3) is 5.69 Å². The summed E-state index contributed by atoms with van der Waals surface area (Å²) >= 11 is 0. The molecule has 0 saturated carbocycles. The zero-order chi connectivity index (χ0) is 15.0. The highest BCUT2D eigenvalue weighted by atomic mass is 16.6. The van der Waals surface area contributed by atoms with Crippen LogP contribution in [0.1, 0.15) is 26.7 Å². The highest BCUT2D eigenvalue weighted by Crippen LogP contribution is 2.20. The van der Waals surface area contributed by atoms with Crippen LogP contribution < -0.4 is 10.6 Å². The Morgan fingerprint density at radius 1 is 1.35 bits per heavy atom. The van der Waals surface area contributed by atoms with Crippen molar-refractivity contribution >= 4 is 17.3 Å². The first kappa shape index (κ1) is 16.2. The van der Waals surface area contributed by atoms with Crippen molar-refractivity contribution < 1.29 is 9.66 Å². The zero-order valence-corrected chi connectivity index (χ0v) is 12.2. The Bertz CT molecular complexity index is 438. The van der Waals surface area contributed by atoms with Gasteiger partial charge in [-0.25, -0.2) is 4.98 Å². The highest BCUT2D eigenvalue weighted by molar-refractivity contribution is 5.54. The van der Waals surface area contributed by atoms with E-state index in [4.69, 9.17) is 4.74 Å². The molecule has 1 aromatic rings.